The van der Waals surface area contributed by atoms with E-state index in [9.17, 15) is 5.11 Å². The topological polar surface area (TPSA) is 54.8 Å². The number of hydrogen-bond acceptors (Lipinski definition) is 5. The van der Waals surface area contributed by atoms with E-state index in [-0.39, 0.29) is 0 Å². The highest BCUT2D eigenvalue weighted by Gasteiger charge is 2.34. The van der Waals surface area contributed by atoms with Crippen LogP contribution in [0.1, 0.15) is 49.7 Å². The zero-order chi connectivity index (χ0) is 19.4. The zero-order valence-electron chi connectivity index (χ0n) is 16.6. The van der Waals surface area contributed by atoms with Gasteiger partial charge in [-0.2, -0.15) is 0 Å². The van der Waals surface area contributed by atoms with Crippen molar-refractivity contribution in [1.29, 1.82) is 0 Å². The smallest absolute Gasteiger partial charge is 0.161 e. The highest BCUT2D eigenvalue weighted by molar-refractivity contribution is 5.43. The predicted molar refractivity (Wildman–Crippen MR) is 109 cm³/mol. The molecule has 0 bridgehead atoms. The number of benzene rings is 1. The van der Waals surface area contributed by atoms with Gasteiger partial charge >= 0.3 is 0 Å². The molecule has 0 atom stereocenters. The molecular weight excluding hydrogens is 352 g/mol. The van der Waals surface area contributed by atoms with Crippen LogP contribution in [0.15, 0.2) is 42.7 Å². The molecule has 0 spiro atoms. The van der Waals surface area contributed by atoms with Crippen LogP contribution in [-0.2, 0) is 12.1 Å². The summed E-state index contributed by atoms with van der Waals surface area (Å²) in [4.78, 5) is 6.54. The third-order valence-corrected chi connectivity index (χ3v) is 6.11. The van der Waals surface area contributed by atoms with Gasteiger partial charge in [0.05, 0.1) is 18.8 Å². The molecule has 1 saturated heterocycles. The average Bonchev–Trinajstić information content (AvgIpc) is 3.25. The van der Waals surface area contributed by atoms with Crippen molar-refractivity contribution < 1.29 is 14.6 Å². The molecule has 1 aliphatic carbocycles. The second kappa shape index (κ2) is 8.50. The second-order valence-corrected chi connectivity index (χ2v) is 8.06. The zero-order valence-corrected chi connectivity index (χ0v) is 16.6. The molecule has 0 radical (unpaired) electrons. The molecular formula is C23H30N2O3. The van der Waals surface area contributed by atoms with Gasteiger partial charge in [0.25, 0.3) is 0 Å². The first-order chi connectivity index (χ1) is 13.7. The van der Waals surface area contributed by atoms with E-state index < -0.39 is 5.60 Å². The van der Waals surface area contributed by atoms with Gasteiger partial charge in [0.1, 0.15) is 0 Å². The third-order valence-electron chi connectivity index (χ3n) is 6.11. The maximum absolute atomic E-state index is 11.0. The van der Waals surface area contributed by atoms with Crippen LogP contribution in [0.2, 0.25) is 0 Å². The van der Waals surface area contributed by atoms with Gasteiger partial charge in [0.15, 0.2) is 11.5 Å². The first-order valence-corrected chi connectivity index (χ1v) is 10.4. The Morgan fingerprint density at radius 1 is 1.14 bits per heavy atom. The Balaban J connectivity index is 1.37. The van der Waals surface area contributed by atoms with Crippen molar-refractivity contribution in [3.05, 3.63) is 53.9 Å². The summed E-state index contributed by atoms with van der Waals surface area (Å²) in [7, 11) is 1.70. The molecule has 0 amide bonds. The molecule has 2 aliphatic rings. The van der Waals surface area contributed by atoms with Crippen LogP contribution >= 0.6 is 0 Å². The molecule has 4 rings (SSSR count). The molecule has 28 heavy (non-hydrogen) atoms. The normalized spacial score (nSPS) is 20.2. The van der Waals surface area contributed by atoms with Crippen molar-refractivity contribution in [3.8, 4) is 11.5 Å². The number of ether oxygens (including phenoxy) is 2. The summed E-state index contributed by atoms with van der Waals surface area (Å²) >= 11 is 0. The Morgan fingerprint density at radius 2 is 1.93 bits per heavy atom. The number of methoxy groups -OCH3 is 1. The number of rotatable bonds is 6. The van der Waals surface area contributed by atoms with Crippen LogP contribution in [0.5, 0.6) is 11.5 Å². The summed E-state index contributed by atoms with van der Waals surface area (Å²) in [6.07, 6.45) is 10.1. The van der Waals surface area contributed by atoms with Gasteiger partial charge in [-0.3, -0.25) is 9.88 Å². The Hall–Kier alpha value is -2.11. The molecule has 5 nitrogen and oxygen atoms in total. The first-order valence-electron chi connectivity index (χ1n) is 10.4. The van der Waals surface area contributed by atoms with Crippen molar-refractivity contribution in [2.45, 2.75) is 56.8 Å². The van der Waals surface area contributed by atoms with Crippen LogP contribution in [0.25, 0.3) is 0 Å². The summed E-state index contributed by atoms with van der Waals surface area (Å²) in [5.74, 6) is 1.66. The lowest BCUT2D eigenvalue weighted by molar-refractivity contribution is -0.0279. The maximum Gasteiger partial charge on any atom is 0.161 e. The number of pyridine rings is 1. The van der Waals surface area contributed by atoms with Crippen molar-refractivity contribution >= 4 is 0 Å². The molecule has 0 unspecified atom stereocenters. The van der Waals surface area contributed by atoms with E-state index in [0.717, 1.165) is 62.4 Å². The fourth-order valence-corrected chi connectivity index (χ4v) is 4.36. The molecule has 1 saturated carbocycles. The van der Waals surface area contributed by atoms with Crippen molar-refractivity contribution in [3.63, 3.8) is 0 Å². The van der Waals surface area contributed by atoms with Crippen LogP contribution in [-0.4, -0.2) is 41.3 Å². The van der Waals surface area contributed by atoms with Gasteiger partial charge in [-0.15, -0.1) is 0 Å². The Kier molecular flexibility index (Phi) is 5.83. The van der Waals surface area contributed by atoms with Gasteiger partial charge in [0.2, 0.25) is 0 Å². The van der Waals surface area contributed by atoms with E-state index in [1.54, 1.807) is 19.5 Å². The lowest BCUT2D eigenvalue weighted by atomic mass is 9.85. The van der Waals surface area contributed by atoms with Crippen LogP contribution in [0.3, 0.4) is 0 Å². The lowest BCUT2D eigenvalue weighted by Crippen LogP contribution is -2.42. The fourth-order valence-electron chi connectivity index (χ4n) is 4.36. The molecule has 2 aromatic rings. The molecule has 1 N–H and O–H groups in total. The molecule has 2 heterocycles. The molecule has 5 heteroatoms. The summed E-state index contributed by atoms with van der Waals surface area (Å²) in [5, 5.41) is 11.0. The van der Waals surface area contributed by atoms with Crippen LogP contribution in [0.4, 0.5) is 0 Å². The second-order valence-electron chi connectivity index (χ2n) is 8.06. The van der Waals surface area contributed by atoms with E-state index in [2.05, 4.69) is 22.0 Å². The minimum Gasteiger partial charge on any atom is -0.493 e. The summed E-state index contributed by atoms with van der Waals surface area (Å²) in [6, 6.07) is 10.1. The van der Waals surface area contributed by atoms with E-state index in [1.807, 2.05) is 18.2 Å². The fraction of sp³-hybridized carbons (Fsp3) is 0.522. The van der Waals surface area contributed by atoms with Crippen molar-refractivity contribution in [1.82, 2.24) is 9.88 Å². The number of aliphatic hydroxyl groups is 1. The summed E-state index contributed by atoms with van der Waals surface area (Å²) in [5.41, 5.74) is 1.37. The van der Waals surface area contributed by atoms with E-state index >= 15 is 0 Å². The molecule has 1 aromatic heterocycles. The Labute approximate surface area is 167 Å². The summed E-state index contributed by atoms with van der Waals surface area (Å²) < 4.78 is 11.7. The molecule has 2 fully saturated rings. The first kappa shape index (κ1) is 19.2. The highest BCUT2D eigenvalue weighted by atomic mass is 16.5. The van der Waals surface area contributed by atoms with Gasteiger partial charge in [-0.1, -0.05) is 12.1 Å². The maximum atomic E-state index is 11.0. The molecule has 1 aliphatic heterocycles. The largest absolute Gasteiger partial charge is 0.493 e. The predicted octanol–water partition coefficient (Wildman–Crippen LogP) is 3.90. The standard InChI is InChI=1S/C23H30N2O3/c1-27-22-15-18(8-9-21(22)28-20-6-2-3-7-20)17-25-13-10-23(26,11-14-25)19-5-4-12-24-16-19/h4-5,8-9,12,15-16,20,26H,2-3,6-7,10-11,13-14,17H2,1H3. The van der Waals surface area contributed by atoms with Gasteiger partial charge in [0, 0.05) is 37.6 Å². The number of piperidine rings is 1. The van der Waals surface area contributed by atoms with E-state index in [0.29, 0.717) is 6.10 Å². The van der Waals surface area contributed by atoms with Crippen molar-refractivity contribution in [2.24, 2.45) is 0 Å². The Bertz CT molecular complexity index is 767. The minimum absolute atomic E-state index is 0.326. The minimum atomic E-state index is -0.762. The van der Waals surface area contributed by atoms with Gasteiger partial charge < -0.3 is 14.6 Å². The van der Waals surface area contributed by atoms with Gasteiger partial charge in [-0.05, 0) is 62.3 Å². The number of nitrogens with zero attached hydrogens (tertiary/aromatic N) is 2. The number of hydrogen-bond donors (Lipinski definition) is 1. The SMILES string of the molecule is COc1cc(CN2CCC(O)(c3cccnc3)CC2)ccc1OC1CCCC1. The summed E-state index contributed by atoms with van der Waals surface area (Å²) in [6.45, 7) is 2.56. The number of likely N-dealkylation sites (tertiary alicyclic amines) is 1. The van der Waals surface area contributed by atoms with Gasteiger partial charge in [-0.25, -0.2) is 0 Å². The van der Waals surface area contributed by atoms with Crippen molar-refractivity contribution in [2.75, 3.05) is 20.2 Å². The third kappa shape index (κ3) is 4.31. The average molecular weight is 383 g/mol. The van der Waals surface area contributed by atoms with Crippen LogP contribution in [0, 0.1) is 0 Å². The molecule has 1 aromatic carbocycles. The quantitative estimate of drug-likeness (QED) is 0.821. The monoisotopic (exact) mass is 382 g/mol. The number of aromatic nitrogens is 1. The Morgan fingerprint density at radius 3 is 2.61 bits per heavy atom. The molecule has 150 valence electrons. The lowest BCUT2D eigenvalue weighted by Gasteiger charge is -2.38. The highest BCUT2D eigenvalue weighted by Crippen LogP contribution is 2.35. The van der Waals surface area contributed by atoms with Crippen LogP contribution < -0.4 is 9.47 Å². The van der Waals surface area contributed by atoms with E-state index in [1.165, 1.54) is 18.4 Å². The van der Waals surface area contributed by atoms with E-state index in [4.69, 9.17) is 9.47 Å².